The summed E-state index contributed by atoms with van der Waals surface area (Å²) in [6.07, 6.45) is 4.96. The van der Waals surface area contributed by atoms with Gasteiger partial charge in [-0.15, -0.1) is 0 Å². The fourth-order valence-corrected chi connectivity index (χ4v) is 5.46. The Hall–Kier alpha value is -3.04. The smallest absolute Gasteiger partial charge is 0.166 e. The van der Waals surface area contributed by atoms with Crippen LogP contribution >= 0.6 is 0 Å². The van der Waals surface area contributed by atoms with Gasteiger partial charge >= 0.3 is 0 Å². The van der Waals surface area contributed by atoms with Gasteiger partial charge in [0.15, 0.2) is 22.8 Å². The highest BCUT2D eigenvalue weighted by Gasteiger charge is 2.45. The fourth-order valence-electron chi connectivity index (χ4n) is 5.46. The van der Waals surface area contributed by atoms with Gasteiger partial charge in [0.2, 0.25) is 0 Å². The minimum atomic E-state index is -0.465. The van der Waals surface area contributed by atoms with Crippen molar-refractivity contribution in [3.63, 3.8) is 0 Å². The number of hydrogen-bond donors (Lipinski definition) is 1. The second-order valence-corrected chi connectivity index (χ2v) is 10.2. The van der Waals surface area contributed by atoms with Gasteiger partial charge in [0.25, 0.3) is 0 Å². The van der Waals surface area contributed by atoms with Crippen LogP contribution in [0.5, 0.6) is 0 Å². The monoisotopic (exact) mass is 445 g/mol. The maximum absolute atomic E-state index is 6.04. The molecule has 0 bridgehead atoms. The van der Waals surface area contributed by atoms with E-state index in [4.69, 9.17) is 24.4 Å². The van der Waals surface area contributed by atoms with Crippen LogP contribution in [0.15, 0.2) is 18.5 Å². The number of aryl methyl sites for hydroxylation is 1. The molecule has 0 aliphatic carbocycles. The van der Waals surface area contributed by atoms with Gasteiger partial charge in [-0.25, -0.2) is 19.9 Å². The van der Waals surface area contributed by atoms with E-state index in [2.05, 4.69) is 46.3 Å². The Morgan fingerprint density at radius 1 is 1.12 bits per heavy atom. The van der Waals surface area contributed by atoms with Crippen LogP contribution in [-0.2, 0) is 21.6 Å². The summed E-state index contributed by atoms with van der Waals surface area (Å²) in [5.74, 6) is 2.50. The van der Waals surface area contributed by atoms with Crippen LogP contribution in [0, 0.1) is 12.3 Å². The van der Waals surface area contributed by atoms with Crippen molar-refractivity contribution in [1.29, 1.82) is 0 Å². The first-order valence-corrected chi connectivity index (χ1v) is 11.6. The van der Waals surface area contributed by atoms with Crippen LogP contribution in [0.3, 0.4) is 0 Å². The summed E-state index contributed by atoms with van der Waals surface area (Å²) in [5.41, 5.74) is 4.47. The highest BCUT2D eigenvalue weighted by Crippen LogP contribution is 2.42. The highest BCUT2D eigenvalue weighted by atomic mass is 16.5. The van der Waals surface area contributed by atoms with E-state index >= 15 is 0 Å². The third-order valence-electron chi connectivity index (χ3n) is 7.44. The Morgan fingerprint density at radius 2 is 2.00 bits per heavy atom. The highest BCUT2D eigenvalue weighted by molar-refractivity contribution is 5.88. The van der Waals surface area contributed by atoms with Crippen molar-refractivity contribution in [3.05, 3.63) is 29.8 Å². The predicted molar refractivity (Wildman–Crippen MR) is 124 cm³/mol. The molecule has 3 aliphatic heterocycles. The van der Waals surface area contributed by atoms with E-state index in [0.717, 1.165) is 84.2 Å². The molecule has 0 radical (unpaired) electrons. The number of aromatic amines is 1. The number of fused-ring (bicyclic) bond motifs is 4. The number of anilines is 1. The van der Waals surface area contributed by atoms with Crippen molar-refractivity contribution in [3.8, 4) is 11.4 Å². The van der Waals surface area contributed by atoms with Crippen LogP contribution in [-0.4, -0.2) is 62.4 Å². The molecule has 33 heavy (non-hydrogen) atoms. The van der Waals surface area contributed by atoms with Crippen LogP contribution in [0.25, 0.3) is 33.6 Å². The zero-order valence-electron chi connectivity index (χ0n) is 19.2. The van der Waals surface area contributed by atoms with Crippen LogP contribution in [0.2, 0.25) is 0 Å². The summed E-state index contributed by atoms with van der Waals surface area (Å²) in [5, 5.41) is 1.09. The molecular weight excluding hydrogens is 418 g/mol. The normalized spacial score (nSPS) is 21.1. The van der Waals surface area contributed by atoms with Gasteiger partial charge in [0.1, 0.15) is 17.1 Å². The fraction of sp³-hybridized carbons (Fsp3) is 0.500. The maximum Gasteiger partial charge on any atom is 0.166 e. The second kappa shape index (κ2) is 6.51. The minimum absolute atomic E-state index is 0.252. The molecule has 9 nitrogen and oxygen atoms in total. The van der Waals surface area contributed by atoms with Gasteiger partial charge in [-0.3, -0.25) is 0 Å². The molecule has 4 aromatic heterocycles. The quantitative estimate of drug-likeness (QED) is 0.506. The van der Waals surface area contributed by atoms with Gasteiger partial charge in [-0.05, 0) is 38.8 Å². The summed E-state index contributed by atoms with van der Waals surface area (Å²) < 4.78 is 13.8. The van der Waals surface area contributed by atoms with Gasteiger partial charge in [0.05, 0.1) is 19.8 Å². The van der Waals surface area contributed by atoms with E-state index in [-0.39, 0.29) is 5.41 Å². The van der Waals surface area contributed by atoms with E-state index in [9.17, 15) is 0 Å². The number of hydrogen-bond acceptors (Lipinski definition) is 7. The van der Waals surface area contributed by atoms with Crippen LogP contribution in [0.4, 0.5) is 5.82 Å². The molecule has 0 unspecified atom stereocenters. The molecule has 1 spiro atoms. The van der Waals surface area contributed by atoms with Crippen molar-refractivity contribution in [2.24, 2.45) is 5.41 Å². The topological polar surface area (TPSA) is 94.0 Å². The Balaban J connectivity index is 1.44. The van der Waals surface area contributed by atoms with Crippen molar-refractivity contribution >= 4 is 28.0 Å². The molecule has 7 rings (SSSR count). The first-order chi connectivity index (χ1) is 15.9. The third-order valence-corrected chi connectivity index (χ3v) is 7.44. The van der Waals surface area contributed by atoms with Crippen molar-refractivity contribution in [2.45, 2.75) is 39.3 Å². The van der Waals surface area contributed by atoms with E-state index in [1.54, 1.807) is 0 Å². The number of imidazole rings is 1. The molecule has 7 heterocycles. The summed E-state index contributed by atoms with van der Waals surface area (Å²) in [4.78, 5) is 25.4. The lowest BCUT2D eigenvalue weighted by Gasteiger charge is -2.37. The molecule has 1 N–H and O–H groups in total. The van der Waals surface area contributed by atoms with Crippen molar-refractivity contribution in [2.75, 3.05) is 37.8 Å². The Labute approximate surface area is 191 Å². The van der Waals surface area contributed by atoms with Gasteiger partial charge in [-0.2, -0.15) is 0 Å². The van der Waals surface area contributed by atoms with Crippen LogP contribution < -0.4 is 4.90 Å². The molecule has 0 atom stereocenters. The summed E-state index contributed by atoms with van der Waals surface area (Å²) >= 11 is 0. The van der Waals surface area contributed by atoms with E-state index in [1.807, 2.05) is 12.4 Å². The van der Waals surface area contributed by atoms with Crippen molar-refractivity contribution < 1.29 is 9.47 Å². The van der Waals surface area contributed by atoms with E-state index in [1.165, 1.54) is 0 Å². The number of rotatable bonds is 2. The van der Waals surface area contributed by atoms with E-state index < -0.39 is 5.60 Å². The SMILES string of the molecule is Cc1c[nH]c2ncc(-c3nc(N4CCC5(COC5)C4)c4nc5n(c4n3)CCOC5(C)C)cc12. The average Bonchev–Trinajstić information content (AvgIpc) is 3.49. The Bertz CT molecular complexity index is 1420. The zero-order chi connectivity index (χ0) is 22.4. The molecule has 170 valence electrons. The molecular formula is C24H27N7O2. The van der Waals surface area contributed by atoms with Gasteiger partial charge in [0, 0.05) is 48.4 Å². The second-order valence-electron chi connectivity index (χ2n) is 10.2. The van der Waals surface area contributed by atoms with Crippen LogP contribution in [0.1, 0.15) is 31.7 Å². The third kappa shape index (κ3) is 2.78. The molecule has 0 amide bonds. The molecule has 0 aromatic carbocycles. The standard InChI is InChI=1S/C24H27N7O2/c1-14-9-25-19-16(14)8-15(10-26-19)18-28-20(30-5-4-24(11-30)12-32-13-24)17-21(29-18)31-6-7-33-23(2,3)22(31)27-17/h8-10H,4-7,11-13H2,1-3H3,(H,25,26). The summed E-state index contributed by atoms with van der Waals surface area (Å²) in [6.45, 7) is 11.1. The zero-order valence-corrected chi connectivity index (χ0v) is 19.2. The van der Waals surface area contributed by atoms with Gasteiger partial charge < -0.3 is 23.9 Å². The van der Waals surface area contributed by atoms with Crippen molar-refractivity contribution in [1.82, 2.24) is 29.5 Å². The minimum Gasteiger partial charge on any atom is -0.380 e. The summed E-state index contributed by atoms with van der Waals surface area (Å²) in [6, 6.07) is 2.13. The molecule has 9 heteroatoms. The Kier molecular flexibility index (Phi) is 3.83. The predicted octanol–water partition coefficient (Wildman–Crippen LogP) is 3.17. The molecule has 2 saturated heterocycles. The lowest BCUT2D eigenvalue weighted by atomic mass is 9.85. The number of aromatic nitrogens is 6. The number of pyridine rings is 1. The summed E-state index contributed by atoms with van der Waals surface area (Å²) in [7, 11) is 0. The number of H-pyrrole nitrogens is 1. The lowest BCUT2D eigenvalue weighted by molar-refractivity contribution is -0.0985. The maximum atomic E-state index is 6.04. The van der Waals surface area contributed by atoms with Gasteiger partial charge in [-0.1, -0.05) is 0 Å². The number of ether oxygens (including phenoxy) is 2. The first kappa shape index (κ1) is 19.4. The first-order valence-electron chi connectivity index (χ1n) is 11.6. The molecule has 2 fully saturated rings. The molecule has 3 aliphatic rings. The Morgan fingerprint density at radius 3 is 2.79 bits per heavy atom. The lowest BCUT2D eigenvalue weighted by Crippen LogP contribution is -2.44. The average molecular weight is 446 g/mol. The molecule has 4 aromatic rings. The largest absolute Gasteiger partial charge is 0.380 e. The molecule has 0 saturated carbocycles. The number of nitrogens with one attached hydrogen (secondary N) is 1. The number of nitrogens with zero attached hydrogens (tertiary/aromatic N) is 6. The van der Waals surface area contributed by atoms with E-state index in [0.29, 0.717) is 12.4 Å².